The van der Waals surface area contributed by atoms with E-state index in [1.165, 1.54) is 0 Å². The lowest BCUT2D eigenvalue weighted by atomic mass is 10.7. The summed E-state index contributed by atoms with van der Waals surface area (Å²) in [6.45, 7) is 8.79. The van der Waals surface area contributed by atoms with Crippen LogP contribution in [0, 0.1) is 0 Å². The van der Waals surface area contributed by atoms with E-state index in [4.69, 9.17) is 9.47 Å². The Kier molecular flexibility index (Phi) is 6.65. The predicted molar refractivity (Wildman–Crippen MR) is 53.7 cm³/mol. The Labute approximate surface area is 77.3 Å². The maximum atomic E-state index is 5.24. The lowest BCUT2D eigenvalue weighted by Crippen LogP contribution is -2.47. The van der Waals surface area contributed by atoms with Crippen LogP contribution >= 0.6 is 0 Å². The fourth-order valence-corrected chi connectivity index (χ4v) is 3.75. The van der Waals surface area contributed by atoms with Gasteiger partial charge in [0.15, 0.2) is 14.9 Å². The van der Waals surface area contributed by atoms with E-state index in [1.807, 2.05) is 0 Å². The summed E-state index contributed by atoms with van der Waals surface area (Å²) in [5.41, 5.74) is 0. The summed E-state index contributed by atoms with van der Waals surface area (Å²) in [5.74, 6) is 0.0184. The summed E-state index contributed by atoms with van der Waals surface area (Å²) in [6.07, 6.45) is 0. The van der Waals surface area contributed by atoms with Crippen molar-refractivity contribution in [3.63, 3.8) is 0 Å². The van der Waals surface area contributed by atoms with E-state index in [2.05, 4.69) is 25.0 Å². The van der Waals surface area contributed by atoms with Gasteiger partial charge in [0.05, 0.1) is 0 Å². The monoisotopic (exact) mass is 191 g/mol. The second-order valence-corrected chi connectivity index (χ2v) is 5.56. The summed E-state index contributed by atoms with van der Waals surface area (Å²) in [6, 6.07) is 0. The van der Waals surface area contributed by atoms with Gasteiger partial charge in [-0.1, -0.05) is 20.4 Å². The van der Waals surface area contributed by atoms with E-state index in [0.717, 1.165) is 13.1 Å². The van der Waals surface area contributed by atoms with Gasteiger partial charge in [0.2, 0.25) is 0 Å². The van der Waals surface area contributed by atoms with Crippen molar-refractivity contribution >= 4 is 8.96 Å². The lowest BCUT2D eigenvalue weighted by Gasteiger charge is -2.29. The largest absolute Gasteiger partial charge is 0.358 e. The minimum atomic E-state index is -1.04. The number of hydrogen-bond donors (Lipinski definition) is 0. The summed E-state index contributed by atoms with van der Waals surface area (Å²) in [5, 5.41) is 0. The molecule has 3 nitrogen and oxygen atoms in total. The van der Waals surface area contributed by atoms with Gasteiger partial charge < -0.3 is 14.0 Å². The second kappa shape index (κ2) is 6.60. The first-order valence-electron chi connectivity index (χ1n) is 4.50. The first-order chi connectivity index (χ1) is 5.71. The quantitative estimate of drug-likeness (QED) is 0.459. The fraction of sp³-hybridized carbons (Fsp3) is 1.00. The van der Waals surface area contributed by atoms with Gasteiger partial charge in [-0.05, 0) is 13.1 Å². The molecule has 0 rings (SSSR count). The molecule has 1 unspecified atom stereocenters. The summed E-state index contributed by atoms with van der Waals surface area (Å²) >= 11 is 0. The first kappa shape index (κ1) is 12.1. The molecule has 0 heterocycles. The van der Waals surface area contributed by atoms with E-state index >= 15 is 0 Å². The Morgan fingerprint density at radius 1 is 1.17 bits per heavy atom. The average Bonchev–Trinajstić information content (AvgIpc) is 2.09. The minimum Gasteiger partial charge on any atom is -0.358 e. The van der Waals surface area contributed by atoms with Crippen molar-refractivity contribution in [2.45, 2.75) is 26.3 Å². The summed E-state index contributed by atoms with van der Waals surface area (Å²) < 4.78 is 12.9. The van der Waals surface area contributed by atoms with Gasteiger partial charge >= 0.3 is 0 Å². The molecule has 0 bridgehead atoms. The van der Waals surface area contributed by atoms with Crippen molar-refractivity contribution in [3.05, 3.63) is 0 Å². The molecule has 4 heteroatoms. The van der Waals surface area contributed by atoms with Crippen LogP contribution < -0.4 is 0 Å². The van der Waals surface area contributed by atoms with Crippen LogP contribution in [-0.2, 0) is 9.47 Å². The molecule has 0 aliphatic carbocycles. The van der Waals surface area contributed by atoms with Crippen LogP contribution in [0.5, 0.6) is 0 Å². The molecule has 0 aromatic heterocycles. The highest BCUT2D eigenvalue weighted by molar-refractivity contribution is 6.55. The van der Waals surface area contributed by atoms with Gasteiger partial charge in [0.1, 0.15) is 0 Å². The van der Waals surface area contributed by atoms with Gasteiger partial charge in [-0.15, -0.1) is 0 Å². The van der Waals surface area contributed by atoms with Crippen LogP contribution in [0.15, 0.2) is 0 Å². The standard InChI is InChI=1S/C8H21NO2Si/c1-6-9(7-2)12(5)8(10-3)11-4/h8,12H,6-7H2,1-5H3. The number of rotatable bonds is 6. The number of nitrogens with zero attached hydrogens (tertiary/aromatic N) is 1. The van der Waals surface area contributed by atoms with E-state index in [-0.39, 0.29) is 5.91 Å². The molecule has 0 aliphatic heterocycles. The van der Waals surface area contributed by atoms with Gasteiger partial charge in [-0.3, -0.25) is 0 Å². The minimum absolute atomic E-state index is 0.0184. The molecule has 0 aromatic rings. The molecule has 0 aromatic carbocycles. The van der Waals surface area contributed by atoms with Crippen LogP contribution in [0.25, 0.3) is 0 Å². The van der Waals surface area contributed by atoms with Crippen LogP contribution in [-0.4, -0.2) is 46.7 Å². The van der Waals surface area contributed by atoms with Crippen molar-refractivity contribution in [1.82, 2.24) is 4.57 Å². The Morgan fingerprint density at radius 2 is 1.58 bits per heavy atom. The third-order valence-corrected chi connectivity index (χ3v) is 5.46. The van der Waals surface area contributed by atoms with E-state index in [9.17, 15) is 0 Å². The third-order valence-electron chi connectivity index (χ3n) is 2.25. The van der Waals surface area contributed by atoms with Crippen molar-refractivity contribution < 1.29 is 9.47 Å². The molecular weight excluding hydrogens is 170 g/mol. The highest BCUT2D eigenvalue weighted by Crippen LogP contribution is 2.03. The zero-order valence-corrected chi connectivity index (χ0v) is 9.99. The highest BCUT2D eigenvalue weighted by atomic mass is 28.3. The zero-order valence-electron chi connectivity index (χ0n) is 8.83. The molecule has 0 radical (unpaired) electrons. The predicted octanol–water partition coefficient (Wildman–Crippen LogP) is 0.840. The molecule has 74 valence electrons. The van der Waals surface area contributed by atoms with Crippen LogP contribution in [0.1, 0.15) is 13.8 Å². The van der Waals surface area contributed by atoms with E-state index in [1.54, 1.807) is 14.2 Å². The fourth-order valence-electron chi connectivity index (χ4n) is 1.46. The van der Waals surface area contributed by atoms with Gasteiger partial charge in [-0.25, -0.2) is 0 Å². The molecule has 1 atom stereocenters. The molecule has 0 amide bonds. The molecule has 0 saturated heterocycles. The third kappa shape index (κ3) is 3.22. The summed E-state index contributed by atoms with van der Waals surface area (Å²) in [7, 11) is 2.38. The van der Waals surface area contributed by atoms with E-state index in [0.29, 0.717) is 0 Å². The number of hydrogen-bond acceptors (Lipinski definition) is 3. The van der Waals surface area contributed by atoms with Gasteiger partial charge in [-0.2, -0.15) is 0 Å². The molecule has 0 spiro atoms. The normalized spacial score (nSPS) is 14.2. The Hall–Kier alpha value is 0.0969. The second-order valence-electron chi connectivity index (χ2n) is 2.80. The van der Waals surface area contributed by atoms with Crippen molar-refractivity contribution in [2.75, 3.05) is 27.3 Å². The van der Waals surface area contributed by atoms with Crippen LogP contribution in [0.3, 0.4) is 0 Å². The zero-order chi connectivity index (χ0) is 9.56. The lowest BCUT2D eigenvalue weighted by molar-refractivity contribution is -0.0516. The number of ether oxygens (including phenoxy) is 2. The molecule has 0 saturated carbocycles. The smallest absolute Gasteiger partial charge is 0.174 e. The maximum Gasteiger partial charge on any atom is 0.174 e. The van der Waals surface area contributed by atoms with Crippen molar-refractivity contribution in [1.29, 1.82) is 0 Å². The topological polar surface area (TPSA) is 21.7 Å². The maximum absolute atomic E-state index is 5.24. The average molecular weight is 191 g/mol. The Morgan fingerprint density at radius 3 is 1.83 bits per heavy atom. The van der Waals surface area contributed by atoms with Crippen LogP contribution in [0.4, 0.5) is 0 Å². The molecule has 12 heavy (non-hydrogen) atoms. The molecular formula is C8H21NO2Si. The van der Waals surface area contributed by atoms with Gasteiger partial charge in [0, 0.05) is 14.2 Å². The summed E-state index contributed by atoms with van der Waals surface area (Å²) in [4.78, 5) is 0. The Bertz CT molecular complexity index is 93.2. The highest BCUT2D eigenvalue weighted by Gasteiger charge is 2.22. The van der Waals surface area contributed by atoms with Crippen molar-refractivity contribution in [2.24, 2.45) is 0 Å². The van der Waals surface area contributed by atoms with Crippen molar-refractivity contribution in [3.8, 4) is 0 Å². The number of methoxy groups -OCH3 is 2. The van der Waals surface area contributed by atoms with Gasteiger partial charge in [0.25, 0.3) is 0 Å². The van der Waals surface area contributed by atoms with Crippen LogP contribution in [0.2, 0.25) is 6.55 Å². The molecule has 0 aliphatic rings. The molecule has 0 fully saturated rings. The first-order valence-corrected chi connectivity index (χ1v) is 6.84. The SMILES string of the molecule is CCN(CC)[SiH](C)C(OC)OC. The Balaban J connectivity index is 4.02. The molecule has 0 N–H and O–H groups in total. The van der Waals surface area contributed by atoms with E-state index < -0.39 is 8.96 Å².